The van der Waals surface area contributed by atoms with Gasteiger partial charge in [0, 0.05) is 49.0 Å². The van der Waals surface area contributed by atoms with Crippen molar-refractivity contribution in [2.45, 2.75) is 46.4 Å². The Bertz CT molecular complexity index is 1110. The number of anilines is 1. The molecule has 1 N–H and O–H groups in total. The Hall–Kier alpha value is -3.32. The number of morpholine rings is 1. The average molecular weight is 449 g/mol. The summed E-state index contributed by atoms with van der Waals surface area (Å²) >= 11 is 0. The first-order chi connectivity index (χ1) is 15.9. The van der Waals surface area contributed by atoms with Crippen LogP contribution in [0.4, 0.5) is 5.82 Å². The summed E-state index contributed by atoms with van der Waals surface area (Å²) in [5.74, 6) is 1.62. The predicted molar refractivity (Wildman–Crippen MR) is 129 cm³/mol. The molecular weight excluding hydrogens is 416 g/mol. The van der Waals surface area contributed by atoms with Crippen molar-refractivity contribution in [2.24, 2.45) is 0 Å². The topological polar surface area (TPSA) is 68.6 Å². The lowest BCUT2D eigenvalue weighted by molar-refractivity contribution is -0.00546. The van der Waals surface area contributed by atoms with Crippen molar-refractivity contribution in [3.63, 3.8) is 0 Å². The first-order valence-electron chi connectivity index (χ1n) is 11.3. The molecule has 1 saturated heterocycles. The summed E-state index contributed by atoms with van der Waals surface area (Å²) < 4.78 is 13.2. The van der Waals surface area contributed by atoms with Gasteiger partial charge < -0.3 is 24.3 Å². The van der Waals surface area contributed by atoms with Crippen LogP contribution in [-0.2, 0) is 11.3 Å². The summed E-state index contributed by atoms with van der Waals surface area (Å²) in [6, 6.07) is 13.8. The third kappa shape index (κ3) is 5.03. The number of ether oxygens (including phenoxy) is 2. The number of hydrogen-bond donors (Lipinski definition) is 1. The maximum atomic E-state index is 13.0. The van der Waals surface area contributed by atoms with Gasteiger partial charge in [-0.25, -0.2) is 4.98 Å². The van der Waals surface area contributed by atoms with E-state index < -0.39 is 0 Å². The fourth-order valence-electron chi connectivity index (χ4n) is 4.49. The number of hydrogen-bond acceptors (Lipinski definition) is 5. The van der Waals surface area contributed by atoms with Crippen LogP contribution in [0.15, 0.2) is 48.7 Å². The van der Waals surface area contributed by atoms with E-state index in [1.54, 1.807) is 7.11 Å². The number of nitrogens with zero attached hydrogens (tertiary/aromatic N) is 3. The number of rotatable bonds is 6. The third-order valence-corrected chi connectivity index (χ3v) is 5.99. The van der Waals surface area contributed by atoms with Crippen molar-refractivity contribution in [2.75, 3.05) is 25.1 Å². The molecule has 0 saturated carbocycles. The standard InChI is InChI=1S/C26H32N4O3/c1-17-11-24(20(4)30(17)22-7-6-8-23(12-22)32-5)26(31)28-14-21-9-10-25(27-13-21)29-15-18(2)33-19(3)16-29/h6-13,18-19H,14-16H2,1-5H3,(H,28,31). The number of carbonyl (C=O) groups is 1. The van der Waals surface area contributed by atoms with E-state index in [4.69, 9.17) is 9.47 Å². The highest BCUT2D eigenvalue weighted by Gasteiger charge is 2.23. The molecule has 1 aliphatic heterocycles. The zero-order chi connectivity index (χ0) is 23.5. The van der Waals surface area contributed by atoms with E-state index in [9.17, 15) is 4.79 Å². The van der Waals surface area contributed by atoms with E-state index in [0.29, 0.717) is 12.1 Å². The molecule has 0 radical (unpaired) electrons. The molecule has 0 bridgehead atoms. The minimum Gasteiger partial charge on any atom is -0.497 e. The molecule has 3 aromatic rings. The van der Waals surface area contributed by atoms with E-state index in [2.05, 4.69) is 33.6 Å². The largest absolute Gasteiger partial charge is 0.497 e. The van der Waals surface area contributed by atoms with Crippen LogP contribution in [0.5, 0.6) is 5.75 Å². The predicted octanol–water partition coefficient (Wildman–Crippen LogP) is 4.04. The lowest BCUT2D eigenvalue weighted by Gasteiger charge is -2.36. The number of nitrogens with one attached hydrogen (secondary N) is 1. The van der Waals surface area contributed by atoms with Crippen LogP contribution >= 0.6 is 0 Å². The van der Waals surface area contributed by atoms with Gasteiger partial charge in [-0.05, 0) is 57.5 Å². The van der Waals surface area contributed by atoms with E-state index in [0.717, 1.165) is 47.3 Å². The molecule has 1 fully saturated rings. The number of pyridine rings is 1. The molecule has 174 valence electrons. The molecule has 33 heavy (non-hydrogen) atoms. The first-order valence-corrected chi connectivity index (χ1v) is 11.3. The van der Waals surface area contributed by atoms with Crippen LogP contribution in [0.25, 0.3) is 5.69 Å². The smallest absolute Gasteiger partial charge is 0.253 e. The number of aryl methyl sites for hydroxylation is 1. The summed E-state index contributed by atoms with van der Waals surface area (Å²) in [5.41, 5.74) is 4.47. The van der Waals surface area contributed by atoms with Crippen molar-refractivity contribution in [3.8, 4) is 11.4 Å². The van der Waals surface area contributed by atoms with Crippen LogP contribution in [0.1, 0.15) is 41.2 Å². The van der Waals surface area contributed by atoms with E-state index in [-0.39, 0.29) is 18.1 Å². The minimum absolute atomic E-state index is 0.0999. The number of benzene rings is 1. The fourth-order valence-corrected chi connectivity index (χ4v) is 4.49. The number of aromatic nitrogens is 2. The van der Waals surface area contributed by atoms with Gasteiger partial charge in [0.25, 0.3) is 5.91 Å². The molecule has 2 aromatic heterocycles. The summed E-state index contributed by atoms with van der Waals surface area (Å²) in [6.07, 6.45) is 2.20. The second kappa shape index (κ2) is 9.67. The Morgan fingerprint density at radius 2 is 1.91 bits per heavy atom. The average Bonchev–Trinajstić information content (AvgIpc) is 3.11. The number of amides is 1. The number of carbonyl (C=O) groups excluding carboxylic acids is 1. The summed E-state index contributed by atoms with van der Waals surface area (Å²) in [7, 11) is 1.65. The van der Waals surface area contributed by atoms with Crippen LogP contribution in [-0.4, -0.2) is 47.9 Å². The molecule has 1 aliphatic rings. The van der Waals surface area contributed by atoms with Gasteiger partial charge in [0.1, 0.15) is 11.6 Å². The summed E-state index contributed by atoms with van der Waals surface area (Å²) in [5, 5.41) is 3.03. The zero-order valence-electron chi connectivity index (χ0n) is 20.0. The van der Waals surface area contributed by atoms with Gasteiger partial charge in [0.05, 0.1) is 24.9 Å². The first kappa shape index (κ1) is 22.9. The van der Waals surface area contributed by atoms with Crippen molar-refractivity contribution in [1.82, 2.24) is 14.9 Å². The summed E-state index contributed by atoms with van der Waals surface area (Å²) in [4.78, 5) is 19.8. The highest BCUT2D eigenvalue weighted by atomic mass is 16.5. The second-order valence-electron chi connectivity index (χ2n) is 8.69. The van der Waals surface area contributed by atoms with E-state index in [1.807, 2.05) is 62.5 Å². The molecular formula is C26H32N4O3. The molecule has 0 aliphatic carbocycles. The van der Waals surface area contributed by atoms with E-state index in [1.165, 1.54) is 0 Å². The molecule has 1 amide bonds. The molecule has 3 heterocycles. The maximum absolute atomic E-state index is 13.0. The van der Waals surface area contributed by atoms with Gasteiger partial charge in [0.15, 0.2) is 0 Å². The Balaban J connectivity index is 1.43. The monoisotopic (exact) mass is 448 g/mol. The van der Waals surface area contributed by atoms with Gasteiger partial charge in [0.2, 0.25) is 0 Å². The minimum atomic E-state index is -0.0999. The Morgan fingerprint density at radius 3 is 2.58 bits per heavy atom. The summed E-state index contributed by atoms with van der Waals surface area (Å²) in [6.45, 7) is 10.2. The van der Waals surface area contributed by atoms with Gasteiger partial charge >= 0.3 is 0 Å². The normalized spacial score (nSPS) is 18.3. The second-order valence-corrected chi connectivity index (χ2v) is 8.69. The van der Waals surface area contributed by atoms with Crippen molar-refractivity contribution in [1.29, 1.82) is 0 Å². The molecule has 4 rings (SSSR count). The van der Waals surface area contributed by atoms with Crippen LogP contribution in [0.2, 0.25) is 0 Å². The van der Waals surface area contributed by atoms with Gasteiger partial charge in [-0.15, -0.1) is 0 Å². The zero-order valence-corrected chi connectivity index (χ0v) is 20.0. The van der Waals surface area contributed by atoms with Gasteiger partial charge in [-0.1, -0.05) is 12.1 Å². The van der Waals surface area contributed by atoms with Gasteiger partial charge in [-0.2, -0.15) is 0 Å². The van der Waals surface area contributed by atoms with E-state index >= 15 is 0 Å². The van der Waals surface area contributed by atoms with Crippen molar-refractivity contribution < 1.29 is 14.3 Å². The maximum Gasteiger partial charge on any atom is 0.253 e. The Labute approximate surface area is 195 Å². The molecule has 7 nitrogen and oxygen atoms in total. The SMILES string of the molecule is COc1cccc(-n2c(C)cc(C(=O)NCc3ccc(N4CC(C)OC(C)C4)nc3)c2C)c1. The third-order valence-electron chi connectivity index (χ3n) is 5.99. The molecule has 2 unspecified atom stereocenters. The van der Waals surface area contributed by atoms with Crippen LogP contribution < -0.4 is 15.0 Å². The Morgan fingerprint density at radius 1 is 1.15 bits per heavy atom. The molecule has 1 aromatic carbocycles. The van der Waals surface area contributed by atoms with Gasteiger partial charge in [-0.3, -0.25) is 4.79 Å². The van der Waals surface area contributed by atoms with Crippen LogP contribution in [0.3, 0.4) is 0 Å². The molecule has 2 atom stereocenters. The van der Waals surface area contributed by atoms with Crippen molar-refractivity contribution in [3.05, 3.63) is 71.2 Å². The number of methoxy groups -OCH3 is 1. The fraction of sp³-hybridized carbons (Fsp3) is 0.385. The molecule has 7 heteroatoms. The molecule has 0 spiro atoms. The highest BCUT2D eigenvalue weighted by molar-refractivity contribution is 5.95. The lowest BCUT2D eigenvalue weighted by Crippen LogP contribution is -2.45. The quantitative estimate of drug-likeness (QED) is 0.616. The van der Waals surface area contributed by atoms with Crippen molar-refractivity contribution >= 4 is 11.7 Å². The van der Waals surface area contributed by atoms with Crippen LogP contribution in [0, 0.1) is 13.8 Å². The highest BCUT2D eigenvalue weighted by Crippen LogP contribution is 2.24. The Kier molecular flexibility index (Phi) is 6.70. The lowest BCUT2D eigenvalue weighted by atomic mass is 10.2.